The van der Waals surface area contributed by atoms with Crippen LogP contribution in [0.1, 0.15) is 68.9 Å². The van der Waals surface area contributed by atoms with E-state index < -0.39 is 18.3 Å². The van der Waals surface area contributed by atoms with E-state index in [0.29, 0.717) is 30.7 Å². The van der Waals surface area contributed by atoms with Gasteiger partial charge in [0, 0.05) is 6.42 Å². The van der Waals surface area contributed by atoms with E-state index in [9.17, 15) is 20.1 Å². The molecule has 1 fully saturated rings. The zero-order valence-electron chi connectivity index (χ0n) is 17.1. The molecule has 1 amide bonds. The summed E-state index contributed by atoms with van der Waals surface area (Å²) in [7, 11) is 0. The average molecular weight is 437 g/mol. The summed E-state index contributed by atoms with van der Waals surface area (Å²) in [5.74, 6) is -0.358. The van der Waals surface area contributed by atoms with Crippen molar-refractivity contribution in [2.45, 2.75) is 76.1 Å². The number of hydroxylamine groups is 1. The van der Waals surface area contributed by atoms with E-state index in [-0.39, 0.29) is 17.7 Å². The smallest absolute Gasteiger partial charge is 0.243 e. The maximum absolute atomic E-state index is 11.0. The van der Waals surface area contributed by atoms with E-state index in [4.69, 9.17) is 5.21 Å². The number of carbonyl (C=O) groups is 1. The van der Waals surface area contributed by atoms with Gasteiger partial charge in [-0.2, -0.15) is 0 Å². The number of nitrogens with one attached hydrogen (secondary N) is 1. The molecule has 2 aromatic rings. The summed E-state index contributed by atoms with van der Waals surface area (Å²) < 4.78 is 1.05. The van der Waals surface area contributed by atoms with Crippen LogP contribution in [0.2, 0.25) is 0 Å². The molecule has 0 spiro atoms. The Kier molecular flexibility index (Phi) is 8.59. The summed E-state index contributed by atoms with van der Waals surface area (Å²) in [6, 6.07) is 7.82. The Hall–Kier alpha value is -1.58. The number of unbranched alkanes of at least 4 members (excludes halogenated alkanes) is 3. The van der Waals surface area contributed by atoms with Crippen LogP contribution in [0, 0.1) is 11.8 Å². The highest BCUT2D eigenvalue weighted by atomic mass is 32.1. The molecule has 2 unspecified atom stereocenters. The van der Waals surface area contributed by atoms with Gasteiger partial charge in [-0.1, -0.05) is 31.4 Å². The molecule has 1 aliphatic rings. The topological polar surface area (TPSA) is 123 Å². The van der Waals surface area contributed by atoms with Gasteiger partial charge in [0.1, 0.15) is 11.1 Å². The van der Waals surface area contributed by atoms with Gasteiger partial charge in [0.15, 0.2) is 0 Å². The van der Waals surface area contributed by atoms with Crippen molar-refractivity contribution in [3.63, 3.8) is 0 Å². The quantitative estimate of drug-likeness (QED) is 0.209. The fraction of sp³-hybridized carbons (Fsp3) is 0.636. The highest BCUT2D eigenvalue weighted by molar-refractivity contribution is 7.18. The first-order valence-electron chi connectivity index (χ1n) is 10.8. The summed E-state index contributed by atoms with van der Waals surface area (Å²) in [5, 5.41) is 40.6. The van der Waals surface area contributed by atoms with Crippen molar-refractivity contribution in [2.75, 3.05) is 0 Å². The van der Waals surface area contributed by atoms with Crippen LogP contribution in [0.15, 0.2) is 24.3 Å². The molecular formula is C22H32N2O5S. The van der Waals surface area contributed by atoms with Gasteiger partial charge in [-0.05, 0) is 56.1 Å². The molecule has 1 aromatic carbocycles. The monoisotopic (exact) mass is 436 g/mol. The van der Waals surface area contributed by atoms with Crippen molar-refractivity contribution in [3.8, 4) is 0 Å². The number of hydrogen-bond donors (Lipinski definition) is 5. The predicted molar refractivity (Wildman–Crippen MR) is 115 cm³/mol. The number of aliphatic hydroxyl groups is 3. The number of thiazole rings is 1. The third-order valence-electron chi connectivity index (χ3n) is 6.21. The highest BCUT2D eigenvalue weighted by Gasteiger charge is 2.41. The Morgan fingerprint density at radius 1 is 1.10 bits per heavy atom. The summed E-state index contributed by atoms with van der Waals surface area (Å²) in [5.41, 5.74) is 2.53. The Morgan fingerprint density at radius 3 is 2.53 bits per heavy atom. The Morgan fingerprint density at radius 2 is 1.80 bits per heavy atom. The molecule has 5 atom stereocenters. The van der Waals surface area contributed by atoms with Crippen LogP contribution in [0.5, 0.6) is 0 Å². The van der Waals surface area contributed by atoms with Crippen molar-refractivity contribution < 1.29 is 25.3 Å². The maximum atomic E-state index is 11.0. The summed E-state index contributed by atoms with van der Waals surface area (Å²) in [4.78, 5) is 15.5. The van der Waals surface area contributed by atoms with Crippen molar-refractivity contribution in [1.82, 2.24) is 10.5 Å². The number of carbonyl (C=O) groups excluding carboxylic acids is 1. The van der Waals surface area contributed by atoms with E-state index in [0.717, 1.165) is 42.3 Å². The molecule has 0 saturated heterocycles. The first-order valence-corrected chi connectivity index (χ1v) is 11.6. The third-order valence-corrected chi connectivity index (χ3v) is 7.34. The van der Waals surface area contributed by atoms with Gasteiger partial charge in [-0.15, -0.1) is 11.3 Å². The second-order valence-electron chi connectivity index (χ2n) is 8.30. The second kappa shape index (κ2) is 11.2. The molecule has 1 aromatic heterocycles. The number of aliphatic hydroxyl groups excluding tert-OH is 3. The van der Waals surface area contributed by atoms with E-state index >= 15 is 0 Å². The summed E-state index contributed by atoms with van der Waals surface area (Å²) in [6.07, 6.45) is 4.46. The number of aromatic nitrogens is 1. The molecule has 7 nitrogen and oxygen atoms in total. The van der Waals surface area contributed by atoms with Crippen molar-refractivity contribution in [2.24, 2.45) is 11.8 Å². The predicted octanol–water partition coefficient (Wildman–Crippen LogP) is 3.31. The SMILES string of the molecule is O=C(CCCCCCC1[C@@H](CCC(O)c2nc3ccccc3s2)[C@H](O)C[C@@H]1O)NO. The number of amides is 1. The number of rotatable bonds is 11. The largest absolute Gasteiger partial charge is 0.393 e. The van der Waals surface area contributed by atoms with Crippen LogP contribution in [0.25, 0.3) is 10.2 Å². The van der Waals surface area contributed by atoms with Gasteiger partial charge in [0.2, 0.25) is 5.91 Å². The lowest BCUT2D eigenvalue weighted by atomic mass is 9.85. The minimum atomic E-state index is -0.661. The molecule has 30 heavy (non-hydrogen) atoms. The van der Waals surface area contributed by atoms with Gasteiger partial charge in [0.25, 0.3) is 0 Å². The molecule has 1 aliphatic carbocycles. The van der Waals surface area contributed by atoms with Crippen molar-refractivity contribution in [3.05, 3.63) is 29.3 Å². The number of hydrogen-bond acceptors (Lipinski definition) is 7. The summed E-state index contributed by atoms with van der Waals surface area (Å²) >= 11 is 1.50. The fourth-order valence-electron chi connectivity index (χ4n) is 4.56. The highest BCUT2D eigenvalue weighted by Crippen LogP contribution is 2.40. The molecule has 8 heteroatoms. The molecule has 5 N–H and O–H groups in total. The van der Waals surface area contributed by atoms with E-state index in [1.165, 1.54) is 11.3 Å². The zero-order chi connectivity index (χ0) is 21.5. The molecule has 1 heterocycles. The minimum absolute atomic E-state index is 0.0239. The number of nitrogens with zero attached hydrogens (tertiary/aromatic N) is 1. The second-order valence-corrected chi connectivity index (χ2v) is 9.36. The number of benzene rings is 1. The fourth-order valence-corrected chi connectivity index (χ4v) is 5.55. The van der Waals surface area contributed by atoms with Gasteiger partial charge in [-0.25, -0.2) is 10.5 Å². The molecule has 0 bridgehead atoms. The van der Waals surface area contributed by atoms with Crippen molar-refractivity contribution in [1.29, 1.82) is 0 Å². The Labute approximate surface area is 180 Å². The molecule has 3 rings (SSSR count). The van der Waals surface area contributed by atoms with Crippen LogP contribution in [-0.2, 0) is 4.79 Å². The Bertz CT molecular complexity index is 781. The standard InChI is InChI=1S/C22H32N2O5S/c25-17(22-23-16-8-5-6-9-20(16)30-22)12-11-15-14(18(26)13-19(15)27)7-3-1-2-4-10-21(28)24-29/h5-6,8-9,14-15,17-19,25-27,29H,1-4,7,10-13H2,(H,24,28)/t14?,15-,17?,18+,19-/m1/s1. The van der Waals surface area contributed by atoms with Crippen LogP contribution in [0.4, 0.5) is 0 Å². The molecule has 1 saturated carbocycles. The lowest BCUT2D eigenvalue weighted by Crippen LogP contribution is -2.23. The van der Waals surface area contributed by atoms with E-state index in [1.807, 2.05) is 24.3 Å². The van der Waals surface area contributed by atoms with Gasteiger partial charge >= 0.3 is 0 Å². The maximum Gasteiger partial charge on any atom is 0.243 e. The Balaban J connectivity index is 1.46. The van der Waals surface area contributed by atoms with Gasteiger partial charge in [-0.3, -0.25) is 10.0 Å². The average Bonchev–Trinajstić information content (AvgIpc) is 3.29. The number of fused-ring (bicyclic) bond motifs is 1. The van der Waals surface area contributed by atoms with Gasteiger partial charge < -0.3 is 15.3 Å². The summed E-state index contributed by atoms with van der Waals surface area (Å²) in [6.45, 7) is 0. The molecule has 0 radical (unpaired) electrons. The van der Waals surface area contributed by atoms with Crippen LogP contribution < -0.4 is 5.48 Å². The molecular weight excluding hydrogens is 404 g/mol. The first kappa shape index (κ1) is 23.1. The first-order chi connectivity index (χ1) is 14.5. The van der Waals surface area contributed by atoms with Crippen molar-refractivity contribution >= 4 is 27.5 Å². The van der Waals surface area contributed by atoms with E-state index in [1.54, 1.807) is 5.48 Å². The van der Waals surface area contributed by atoms with Crippen LogP contribution >= 0.6 is 11.3 Å². The molecule has 166 valence electrons. The lowest BCUT2D eigenvalue weighted by Gasteiger charge is -2.24. The van der Waals surface area contributed by atoms with E-state index in [2.05, 4.69) is 4.98 Å². The lowest BCUT2D eigenvalue weighted by molar-refractivity contribution is -0.129. The molecule has 0 aliphatic heterocycles. The number of para-hydroxylation sites is 1. The van der Waals surface area contributed by atoms with Gasteiger partial charge in [0.05, 0.1) is 22.4 Å². The minimum Gasteiger partial charge on any atom is -0.393 e. The van der Waals surface area contributed by atoms with Crippen LogP contribution in [-0.4, -0.2) is 43.6 Å². The third kappa shape index (κ3) is 5.98. The normalized spacial score (nSPS) is 24.9. The zero-order valence-corrected chi connectivity index (χ0v) is 17.9. The van der Waals surface area contributed by atoms with Crippen LogP contribution in [0.3, 0.4) is 0 Å².